The number of piperazine rings is 1. The molecule has 5 heteroatoms. The van der Waals surface area contributed by atoms with Crippen LogP contribution in [0.4, 0.5) is 5.82 Å². The Balaban J connectivity index is 2.07. The number of hydrogen-bond donors (Lipinski definition) is 1. The summed E-state index contributed by atoms with van der Waals surface area (Å²) in [4.78, 5) is 9.31. The maximum Gasteiger partial charge on any atom is 0.136 e. The lowest BCUT2D eigenvalue weighted by molar-refractivity contribution is 0.269. The molecule has 1 saturated heterocycles. The van der Waals surface area contributed by atoms with E-state index in [1.807, 2.05) is 6.20 Å². The van der Waals surface area contributed by atoms with Crippen molar-refractivity contribution < 1.29 is 0 Å². The van der Waals surface area contributed by atoms with Crippen molar-refractivity contribution in [3.05, 3.63) is 34.9 Å². The summed E-state index contributed by atoms with van der Waals surface area (Å²) in [7, 11) is 2.15. The van der Waals surface area contributed by atoms with E-state index in [1.165, 1.54) is 10.8 Å². The number of aromatic nitrogens is 1. The number of nitrogens with zero attached hydrogens (tertiary/aromatic N) is 3. The van der Waals surface area contributed by atoms with Gasteiger partial charge in [-0.15, -0.1) is 0 Å². The molecule has 0 saturated carbocycles. The van der Waals surface area contributed by atoms with Crippen molar-refractivity contribution in [2.45, 2.75) is 6.04 Å². The first-order chi connectivity index (χ1) is 9.70. The number of nitrogens with two attached hydrogens (primary N) is 1. The summed E-state index contributed by atoms with van der Waals surface area (Å²) in [5.41, 5.74) is 5.96. The summed E-state index contributed by atoms with van der Waals surface area (Å²) < 4.78 is 1.11. The minimum atomic E-state index is 0.325. The molecule has 0 amide bonds. The molecule has 0 spiro atoms. The quantitative estimate of drug-likeness (QED) is 0.913. The Hall–Kier alpha value is -1.17. The van der Waals surface area contributed by atoms with Crippen LogP contribution in [-0.4, -0.2) is 49.2 Å². The Labute approximate surface area is 127 Å². The van der Waals surface area contributed by atoms with Crippen molar-refractivity contribution >= 4 is 32.5 Å². The van der Waals surface area contributed by atoms with Gasteiger partial charge >= 0.3 is 0 Å². The number of pyridine rings is 1. The molecule has 1 unspecified atom stereocenters. The van der Waals surface area contributed by atoms with E-state index in [0.29, 0.717) is 12.6 Å². The predicted molar refractivity (Wildman–Crippen MR) is 87.1 cm³/mol. The van der Waals surface area contributed by atoms with Crippen molar-refractivity contribution in [3.8, 4) is 0 Å². The van der Waals surface area contributed by atoms with Crippen molar-refractivity contribution in [2.24, 2.45) is 5.73 Å². The van der Waals surface area contributed by atoms with Gasteiger partial charge in [0.05, 0.1) is 6.04 Å². The van der Waals surface area contributed by atoms with Gasteiger partial charge in [-0.3, -0.25) is 0 Å². The molecule has 0 bridgehead atoms. The van der Waals surface area contributed by atoms with E-state index in [9.17, 15) is 0 Å². The van der Waals surface area contributed by atoms with Crippen molar-refractivity contribution in [2.75, 3.05) is 38.1 Å². The first kappa shape index (κ1) is 13.8. The van der Waals surface area contributed by atoms with Crippen LogP contribution >= 0.6 is 15.9 Å². The van der Waals surface area contributed by atoms with Gasteiger partial charge < -0.3 is 15.5 Å². The van der Waals surface area contributed by atoms with Crippen LogP contribution in [0.15, 0.2) is 34.9 Å². The number of fused-ring (bicyclic) bond motifs is 1. The van der Waals surface area contributed by atoms with Crippen molar-refractivity contribution in [1.29, 1.82) is 0 Å². The van der Waals surface area contributed by atoms with Gasteiger partial charge in [-0.05, 0) is 19.2 Å². The minimum Gasteiger partial charge on any atom is -0.349 e. The molecule has 2 heterocycles. The molecule has 2 N–H and O–H groups in total. The molecule has 0 radical (unpaired) electrons. The highest BCUT2D eigenvalue weighted by Crippen LogP contribution is 2.31. The Kier molecular flexibility index (Phi) is 3.92. The highest BCUT2D eigenvalue weighted by atomic mass is 79.9. The molecule has 1 aromatic carbocycles. The number of rotatable bonds is 2. The average molecular weight is 335 g/mol. The van der Waals surface area contributed by atoms with Crippen LogP contribution in [0.3, 0.4) is 0 Å². The molecule has 1 atom stereocenters. The van der Waals surface area contributed by atoms with Crippen LogP contribution in [-0.2, 0) is 0 Å². The second kappa shape index (κ2) is 5.68. The average Bonchev–Trinajstić information content (AvgIpc) is 2.47. The molecule has 1 aromatic heterocycles. The van der Waals surface area contributed by atoms with Gasteiger partial charge in [0.25, 0.3) is 0 Å². The zero-order valence-corrected chi connectivity index (χ0v) is 13.2. The SMILES string of the molecule is CN1CCN(c2nccc3c(Br)cccc23)C(CN)C1. The van der Waals surface area contributed by atoms with Gasteiger partial charge in [-0.2, -0.15) is 0 Å². The smallest absolute Gasteiger partial charge is 0.136 e. The molecule has 1 aliphatic heterocycles. The minimum absolute atomic E-state index is 0.325. The third-order valence-corrected chi connectivity index (χ3v) is 4.65. The Morgan fingerprint density at radius 1 is 1.30 bits per heavy atom. The van der Waals surface area contributed by atoms with Crippen LogP contribution in [0.25, 0.3) is 10.8 Å². The summed E-state index contributed by atoms with van der Waals surface area (Å²) >= 11 is 3.62. The molecule has 0 aliphatic carbocycles. The standard InChI is InChI=1S/C15H19BrN4/c1-19-7-8-20(11(9-17)10-19)15-13-3-2-4-14(16)12(13)5-6-18-15/h2-6,11H,7-10,17H2,1H3. The Bertz CT molecular complexity index is 616. The normalized spacial score (nSPS) is 20.6. The van der Waals surface area contributed by atoms with Gasteiger partial charge in [-0.1, -0.05) is 28.1 Å². The van der Waals surface area contributed by atoms with Crippen LogP contribution < -0.4 is 10.6 Å². The van der Waals surface area contributed by atoms with Crippen LogP contribution in [0, 0.1) is 0 Å². The third-order valence-electron chi connectivity index (χ3n) is 3.96. The van der Waals surface area contributed by atoms with Gasteiger partial charge in [-0.25, -0.2) is 4.98 Å². The molecule has 106 valence electrons. The summed E-state index contributed by atoms with van der Waals surface area (Å²) in [5, 5.41) is 2.39. The number of likely N-dealkylation sites (N-methyl/N-ethyl adjacent to an activating group) is 1. The van der Waals surface area contributed by atoms with E-state index >= 15 is 0 Å². The maximum absolute atomic E-state index is 5.96. The molecule has 3 rings (SSSR count). The van der Waals surface area contributed by atoms with Crippen LogP contribution in [0.5, 0.6) is 0 Å². The van der Waals surface area contributed by atoms with Crippen molar-refractivity contribution in [3.63, 3.8) is 0 Å². The van der Waals surface area contributed by atoms with Crippen molar-refractivity contribution in [1.82, 2.24) is 9.88 Å². The number of anilines is 1. The largest absolute Gasteiger partial charge is 0.349 e. The fourth-order valence-corrected chi connectivity index (χ4v) is 3.37. The number of hydrogen-bond acceptors (Lipinski definition) is 4. The topological polar surface area (TPSA) is 45.4 Å². The molecule has 1 aliphatic rings. The molecule has 4 nitrogen and oxygen atoms in total. The third kappa shape index (κ3) is 2.41. The highest BCUT2D eigenvalue weighted by Gasteiger charge is 2.26. The zero-order chi connectivity index (χ0) is 14.1. The van der Waals surface area contributed by atoms with E-state index in [0.717, 1.165) is 29.9 Å². The second-order valence-electron chi connectivity index (χ2n) is 5.31. The van der Waals surface area contributed by atoms with E-state index in [4.69, 9.17) is 5.73 Å². The fourth-order valence-electron chi connectivity index (χ4n) is 2.87. The van der Waals surface area contributed by atoms with E-state index in [1.54, 1.807) is 0 Å². The second-order valence-corrected chi connectivity index (χ2v) is 6.17. The summed E-state index contributed by atoms with van der Waals surface area (Å²) in [6.45, 7) is 3.65. The van der Waals surface area contributed by atoms with Gasteiger partial charge in [0.1, 0.15) is 5.82 Å². The maximum atomic E-state index is 5.96. The lowest BCUT2D eigenvalue weighted by atomic mass is 10.1. The first-order valence-electron chi connectivity index (χ1n) is 6.89. The molecular formula is C15H19BrN4. The molecule has 1 fully saturated rings. The lowest BCUT2D eigenvalue weighted by Gasteiger charge is -2.40. The number of benzene rings is 1. The Morgan fingerprint density at radius 3 is 2.95 bits per heavy atom. The van der Waals surface area contributed by atoms with E-state index < -0.39 is 0 Å². The first-order valence-corrected chi connectivity index (χ1v) is 7.68. The summed E-state index contributed by atoms with van der Waals surface area (Å²) in [6.07, 6.45) is 1.88. The monoisotopic (exact) mass is 334 g/mol. The zero-order valence-electron chi connectivity index (χ0n) is 11.6. The van der Waals surface area contributed by atoms with Crippen LogP contribution in [0.1, 0.15) is 0 Å². The van der Waals surface area contributed by atoms with E-state index in [2.05, 4.69) is 62.0 Å². The van der Waals surface area contributed by atoms with E-state index in [-0.39, 0.29) is 0 Å². The fraction of sp³-hybridized carbons (Fsp3) is 0.400. The van der Waals surface area contributed by atoms with Crippen LogP contribution in [0.2, 0.25) is 0 Å². The van der Waals surface area contributed by atoms with Gasteiger partial charge in [0, 0.05) is 47.6 Å². The molecule has 2 aromatic rings. The summed E-state index contributed by atoms with van der Waals surface area (Å²) in [5.74, 6) is 1.05. The van der Waals surface area contributed by atoms with Gasteiger partial charge in [0.15, 0.2) is 0 Å². The highest BCUT2D eigenvalue weighted by molar-refractivity contribution is 9.10. The summed E-state index contributed by atoms with van der Waals surface area (Å²) in [6, 6.07) is 8.64. The number of halogens is 1. The molecular weight excluding hydrogens is 316 g/mol. The Morgan fingerprint density at radius 2 is 2.15 bits per heavy atom. The predicted octanol–water partition coefficient (Wildman–Crippen LogP) is 2.08. The lowest BCUT2D eigenvalue weighted by Crippen LogP contribution is -2.55. The van der Waals surface area contributed by atoms with Gasteiger partial charge in [0.2, 0.25) is 0 Å². The molecule has 20 heavy (non-hydrogen) atoms.